The van der Waals surface area contributed by atoms with Crippen LogP contribution in [0.4, 0.5) is 0 Å². The smallest absolute Gasteiger partial charge is 0.191 e. The molecule has 2 rings (SSSR count). The lowest BCUT2D eigenvalue weighted by molar-refractivity contribution is 0.229. The molecule has 0 heterocycles. The average molecular weight is 319 g/mol. The van der Waals surface area contributed by atoms with Crippen molar-refractivity contribution >= 4 is 5.96 Å². The third kappa shape index (κ3) is 6.80. The number of hydrogen-bond acceptors (Lipinski definition) is 3. The van der Waals surface area contributed by atoms with Gasteiger partial charge in [-0.2, -0.15) is 0 Å². The number of benzene rings is 1. The van der Waals surface area contributed by atoms with Crippen molar-refractivity contribution in [2.24, 2.45) is 10.9 Å². The molecule has 0 bridgehead atoms. The van der Waals surface area contributed by atoms with Gasteiger partial charge in [-0.25, -0.2) is 4.99 Å². The molecule has 5 heteroatoms. The second-order valence-electron chi connectivity index (χ2n) is 5.99. The summed E-state index contributed by atoms with van der Waals surface area (Å²) in [5, 5.41) is 6.67. The molecular formula is C18H29N3O2. The van der Waals surface area contributed by atoms with Crippen molar-refractivity contribution in [2.75, 3.05) is 26.7 Å². The summed E-state index contributed by atoms with van der Waals surface area (Å²) in [6.45, 7) is 6.56. The Balaban J connectivity index is 1.78. The molecule has 23 heavy (non-hydrogen) atoms. The van der Waals surface area contributed by atoms with Gasteiger partial charge in [0.25, 0.3) is 0 Å². The van der Waals surface area contributed by atoms with Gasteiger partial charge in [-0.1, -0.05) is 18.9 Å². The van der Waals surface area contributed by atoms with E-state index in [-0.39, 0.29) is 6.10 Å². The van der Waals surface area contributed by atoms with E-state index in [4.69, 9.17) is 9.47 Å². The van der Waals surface area contributed by atoms with E-state index in [1.807, 2.05) is 31.2 Å². The van der Waals surface area contributed by atoms with Crippen molar-refractivity contribution in [1.82, 2.24) is 10.6 Å². The minimum Gasteiger partial charge on any atom is -0.497 e. The van der Waals surface area contributed by atoms with Gasteiger partial charge in [-0.3, -0.25) is 0 Å². The topological polar surface area (TPSA) is 54.9 Å². The highest BCUT2D eigenvalue weighted by Gasteiger charge is 2.20. The van der Waals surface area contributed by atoms with Crippen molar-refractivity contribution in [2.45, 2.75) is 39.2 Å². The Morgan fingerprint density at radius 1 is 1.30 bits per heavy atom. The Morgan fingerprint density at radius 2 is 2.09 bits per heavy atom. The zero-order valence-electron chi connectivity index (χ0n) is 14.5. The first kappa shape index (κ1) is 17.4. The van der Waals surface area contributed by atoms with Crippen LogP contribution in [0.1, 0.15) is 33.1 Å². The number of nitrogens with zero attached hydrogens (tertiary/aromatic N) is 1. The maximum atomic E-state index is 5.90. The third-order valence-corrected chi connectivity index (χ3v) is 3.77. The number of ether oxygens (including phenoxy) is 2. The number of rotatable bonds is 9. The van der Waals surface area contributed by atoms with Crippen molar-refractivity contribution in [3.8, 4) is 11.5 Å². The fourth-order valence-electron chi connectivity index (χ4n) is 2.31. The molecule has 0 spiro atoms. The molecule has 1 aromatic carbocycles. The summed E-state index contributed by atoms with van der Waals surface area (Å²) in [4.78, 5) is 4.61. The van der Waals surface area contributed by atoms with E-state index in [0.29, 0.717) is 6.54 Å². The number of aliphatic imine (C=N–C) groups is 1. The molecule has 0 amide bonds. The van der Waals surface area contributed by atoms with Crippen molar-refractivity contribution in [1.29, 1.82) is 0 Å². The first-order chi connectivity index (χ1) is 11.2. The SMILES string of the molecule is CCNC(=NCC(C)Oc1cccc(OC)c1)NCCC1CC1. The van der Waals surface area contributed by atoms with Gasteiger partial charge in [-0.05, 0) is 38.3 Å². The zero-order chi connectivity index (χ0) is 16.5. The van der Waals surface area contributed by atoms with Crippen molar-refractivity contribution < 1.29 is 9.47 Å². The molecule has 0 radical (unpaired) electrons. The van der Waals surface area contributed by atoms with E-state index in [2.05, 4.69) is 22.5 Å². The Labute approximate surface area is 139 Å². The standard InChI is InChI=1S/C18H29N3O2/c1-4-19-18(20-11-10-15-8-9-15)21-13-14(2)23-17-7-5-6-16(12-17)22-3/h5-7,12,14-15H,4,8-11,13H2,1-3H3,(H2,19,20,21). The second kappa shape index (κ2) is 9.28. The molecule has 1 aliphatic carbocycles. The number of nitrogens with one attached hydrogen (secondary N) is 2. The maximum absolute atomic E-state index is 5.90. The molecule has 1 unspecified atom stereocenters. The van der Waals surface area contributed by atoms with Crippen molar-refractivity contribution in [3.05, 3.63) is 24.3 Å². The summed E-state index contributed by atoms with van der Waals surface area (Å²) < 4.78 is 11.1. The predicted molar refractivity (Wildman–Crippen MR) is 94.4 cm³/mol. The van der Waals surface area contributed by atoms with Crippen LogP contribution in [0.5, 0.6) is 11.5 Å². The Kier molecular flexibility index (Phi) is 7.04. The number of hydrogen-bond donors (Lipinski definition) is 2. The zero-order valence-corrected chi connectivity index (χ0v) is 14.5. The molecule has 1 saturated carbocycles. The van der Waals surface area contributed by atoms with Crippen LogP contribution in [0.15, 0.2) is 29.3 Å². The van der Waals surface area contributed by atoms with E-state index in [1.54, 1.807) is 7.11 Å². The second-order valence-corrected chi connectivity index (χ2v) is 5.99. The molecule has 2 N–H and O–H groups in total. The molecule has 1 aliphatic rings. The summed E-state index contributed by atoms with van der Waals surface area (Å²) in [6, 6.07) is 7.65. The summed E-state index contributed by atoms with van der Waals surface area (Å²) in [6.07, 6.45) is 4.02. The lowest BCUT2D eigenvalue weighted by atomic mass is 10.3. The van der Waals surface area contributed by atoms with Crippen molar-refractivity contribution in [3.63, 3.8) is 0 Å². The van der Waals surface area contributed by atoms with Crippen LogP contribution in [-0.4, -0.2) is 38.8 Å². The number of methoxy groups -OCH3 is 1. The molecule has 0 aliphatic heterocycles. The minimum absolute atomic E-state index is 0.000921. The fraction of sp³-hybridized carbons (Fsp3) is 0.611. The lowest BCUT2D eigenvalue weighted by Crippen LogP contribution is -2.38. The number of guanidine groups is 1. The van der Waals surface area contributed by atoms with Gasteiger partial charge >= 0.3 is 0 Å². The van der Waals surface area contributed by atoms with E-state index in [9.17, 15) is 0 Å². The van der Waals surface area contributed by atoms with Crippen LogP contribution in [0.2, 0.25) is 0 Å². The summed E-state index contributed by atoms with van der Waals surface area (Å²) in [5.41, 5.74) is 0. The van der Waals surface area contributed by atoms with Gasteiger partial charge in [0.15, 0.2) is 5.96 Å². The van der Waals surface area contributed by atoms with Crippen LogP contribution < -0.4 is 20.1 Å². The van der Waals surface area contributed by atoms with Crippen LogP contribution in [0.25, 0.3) is 0 Å². The summed E-state index contributed by atoms with van der Waals surface area (Å²) >= 11 is 0. The largest absolute Gasteiger partial charge is 0.497 e. The molecule has 1 aromatic rings. The van der Waals surface area contributed by atoms with Crippen LogP contribution >= 0.6 is 0 Å². The third-order valence-electron chi connectivity index (χ3n) is 3.77. The van der Waals surface area contributed by atoms with E-state index in [1.165, 1.54) is 19.3 Å². The average Bonchev–Trinajstić information content (AvgIpc) is 3.37. The Bertz CT molecular complexity index is 501. The molecule has 1 atom stereocenters. The summed E-state index contributed by atoms with van der Waals surface area (Å²) in [7, 11) is 1.66. The predicted octanol–water partition coefficient (Wildman–Crippen LogP) is 2.82. The highest BCUT2D eigenvalue weighted by molar-refractivity contribution is 5.79. The highest BCUT2D eigenvalue weighted by Crippen LogP contribution is 2.31. The molecular weight excluding hydrogens is 290 g/mol. The van der Waals surface area contributed by atoms with Gasteiger partial charge in [0.05, 0.1) is 13.7 Å². The minimum atomic E-state index is 0.000921. The van der Waals surface area contributed by atoms with Crippen LogP contribution in [-0.2, 0) is 0 Å². The first-order valence-electron chi connectivity index (χ1n) is 8.54. The molecule has 1 fully saturated rings. The van der Waals surface area contributed by atoms with Gasteiger partial charge in [0.2, 0.25) is 0 Å². The Hall–Kier alpha value is -1.91. The molecule has 128 valence electrons. The van der Waals surface area contributed by atoms with Crippen LogP contribution in [0.3, 0.4) is 0 Å². The lowest BCUT2D eigenvalue weighted by Gasteiger charge is -2.15. The monoisotopic (exact) mass is 319 g/mol. The van der Waals surface area contributed by atoms with E-state index in [0.717, 1.165) is 36.5 Å². The Morgan fingerprint density at radius 3 is 2.78 bits per heavy atom. The van der Waals surface area contributed by atoms with Gasteiger partial charge in [0, 0.05) is 19.2 Å². The first-order valence-corrected chi connectivity index (χ1v) is 8.54. The van der Waals surface area contributed by atoms with Gasteiger partial charge < -0.3 is 20.1 Å². The quantitative estimate of drug-likeness (QED) is 0.543. The van der Waals surface area contributed by atoms with Gasteiger partial charge in [-0.15, -0.1) is 0 Å². The normalized spacial score (nSPS) is 15.9. The maximum Gasteiger partial charge on any atom is 0.191 e. The fourth-order valence-corrected chi connectivity index (χ4v) is 2.31. The highest BCUT2D eigenvalue weighted by atomic mass is 16.5. The van der Waals surface area contributed by atoms with E-state index >= 15 is 0 Å². The molecule has 0 saturated heterocycles. The van der Waals surface area contributed by atoms with E-state index < -0.39 is 0 Å². The van der Waals surface area contributed by atoms with Gasteiger partial charge in [0.1, 0.15) is 17.6 Å². The van der Waals surface area contributed by atoms with Crippen LogP contribution in [0, 0.1) is 5.92 Å². The summed E-state index contributed by atoms with van der Waals surface area (Å²) in [5.74, 6) is 3.40. The molecule has 0 aromatic heterocycles. The molecule has 5 nitrogen and oxygen atoms in total.